The van der Waals surface area contributed by atoms with Crippen LogP contribution in [0.15, 0.2) is 17.0 Å². The van der Waals surface area contributed by atoms with Crippen LogP contribution in [0.5, 0.6) is 0 Å². The summed E-state index contributed by atoms with van der Waals surface area (Å²) in [6.07, 6.45) is 0. The van der Waals surface area contributed by atoms with E-state index >= 15 is 0 Å². The van der Waals surface area contributed by atoms with Crippen molar-refractivity contribution < 1.29 is 48.2 Å². The summed E-state index contributed by atoms with van der Waals surface area (Å²) in [5, 5.41) is 21.0. The molecule has 0 amide bonds. The molecule has 0 aliphatic carbocycles. The van der Waals surface area contributed by atoms with Gasteiger partial charge < -0.3 is 4.55 Å². The molecule has 1 atom stereocenters. The van der Waals surface area contributed by atoms with E-state index in [2.05, 4.69) is 0 Å². The average Bonchev–Trinajstić information content (AvgIpc) is 2.15. The third-order valence-corrected chi connectivity index (χ3v) is 2.64. The van der Waals surface area contributed by atoms with Gasteiger partial charge in [-0.2, -0.15) is 0 Å². The SMILES string of the molecule is Cc1cc([N+](=O)[O-])c([N+](=O)[O-])cc1S(=O)[O-].[Na+]. The summed E-state index contributed by atoms with van der Waals surface area (Å²) in [6, 6.07) is 1.54. The molecular weight excluding hydrogens is 263 g/mol. The van der Waals surface area contributed by atoms with Crippen molar-refractivity contribution in [2.45, 2.75) is 11.8 Å². The Labute approximate surface area is 120 Å². The van der Waals surface area contributed by atoms with E-state index in [1.807, 2.05) is 0 Å². The maximum absolute atomic E-state index is 10.7. The summed E-state index contributed by atoms with van der Waals surface area (Å²) in [5.74, 6) is 0. The molecule has 0 N–H and O–H groups in total. The molecule has 8 nitrogen and oxygen atoms in total. The fraction of sp³-hybridized carbons (Fsp3) is 0.143. The first-order valence-electron chi connectivity index (χ1n) is 3.87. The Morgan fingerprint density at radius 3 is 1.88 bits per heavy atom. The number of benzene rings is 1. The van der Waals surface area contributed by atoms with Gasteiger partial charge in [-0.05, 0) is 23.6 Å². The number of aryl methyl sites for hydroxylation is 1. The Hall–Kier alpha value is -0.870. The van der Waals surface area contributed by atoms with E-state index in [9.17, 15) is 29.0 Å². The molecule has 0 saturated heterocycles. The summed E-state index contributed by atoms with van der Waals surface area (Å²) < 4.78 is 21.4. The standard InChI is InChI=1S/C7H6N2O6S.Na/c1-4-2-5(8(10)11)6(9(12)13)3-7(4)16(14)15;/h2-3H,1H3,(H,14,15);/q;+1/p-1. The zero-order valence-corrected chi connectivity index (χ0v) is 11.7. The molecule has 0 saturated carbocycles. The molecule has 17 heavy (non-hydrogen) atoms. The second-order valence-electron chi connectivity index (χ2n) is 2.86. The Morgan fingerprint density at radius 2 is 1.53 bits per heavy atom. The predicted molar refractivity (Wildman–Crippen MR) is 51.7 cm³/mol. The molecule has 1 rings (SSSR count). The van der Waals surface area contributed by atoms with Crippen molar-refractivity contribution in [3.05, 3.63) is 37.9 Å². The van der Waals surface area contributed by atoms with E-state index in [1.165, 1.54) is 6.92 Å². The van der Waals surface area contributed by atoms with Gasteiger partial charge in [-0.25, -0.2) is 0 Å². The Balaban J connectivity index is 0.00000256. The van der Waals surface area contributed by atoms with Crippen LogP contribution in [-0.2, 0) is 11.1 Å². The predicted octanol–water partition coefficient (Wildman–Crippen LogP) is -1.95. The minimum absolute atomic E-state index is 0. The van der Waals surface area contributed by atoms with Crippen LogP contribution in [0.3, 0.4) is 0 Å². The maximum atomic E-state index is 10.7. The number of nitro benzene ring substituents is 2. The molecule has 0 bridgehead atoms. The van der Waals surface area contributed by atoms with Crippen LogP contribution >= 0.6 is 0 Å². The molecule has 1 unspecified atom stereocenters. The van der Waals surface area contributed by atoms with Gasteiger partial charge in [-0.1, -0.05) is 0 Å². The number of nitrogens with zero attached hydrogens (tertiary/aromatic N) is 2. The zero-order valence-electron chi connectivity index (χ0n) is 8.91. The van der Waals surface area contributed by atoms with Gasteiger partial charge in [-0.3, -0.25) is 24.4 Å². The fourth-order valence-electron chi connectivity index (χ4n) is 1.13. The van der Waals surface area contributed by atoms with Crippen molar-refractivity contribution in [3.8, 4) is 0 Å². The molecule has 0 fully saturated rings. The van der Waals surface area contributed by atoms with Crippen LogP contribution in [0.25, 0.3) is 0 Å². The molecule has 0 heterocycles. The Bertz CT molecular complexity index is 505. The van der Waals surface area contributed by atoms with Gasteiger partial charge in [0.25, 0.3) is 0 Å². The molecule has 0 aliphatic rings. The van der Waals surface area contributed by atoms with Crippen molar-refractivity contribution in [1.29, 1.82) is 0 Å². The Morgan fingerprint density at radius 1 is 1.12 bits per heavy atom. The third-order valence-electron chi connectivity index (χ3n) is 1.85. The average molecular weight is 268 g/mol. The largest absolute Gasteiger partial charge is 1.00 e. The van der Waals surface area contributed by atoms with Gasteiger partial charge in [0.15, 0.2) is 0 Å². The zero-order chi connectivity index (χ0) is 12.5. The molecule has 0 radical (unpaired) electrons. The van der Waals surface area contributed by atoms with Crippen LogP contribution < -0.4 is 29.6 Å². The van der Waals surface area contributed by atoms with Gasteiger partial charge in [0.2, 0.25) is 0 Å². The minimum atomic E-state index is -2.67. The van der Waals surface area contributed by atoms with E-state index in [4.69, 9.17) is 0 Å². The first kappa shape index (κ1) is 16.1. The second kappa shape index (κ2) is 6.17. The molecule has 0 aliphatic heterocycles. The second-order valence-corrected chi connectivity index (χ2v) is 3.76. The van der Waals surface area contributed by atoms with E-state index in [1.54, 1.807) is 0 Å². The van der Waals surface area contributed by atoms with E-state index in [0.717, 1.165) is 6.07 Å². The van der Waals surface area contributed by atoms with Gasteiger partial charge in [0.1, 0.15) is 0 Å². The van der Waals surface area contributed by atoms with Crippen LogP contribution in [0, 0.1) is 27.2 Å². The topological polar surface area (TPSA) is 126 Å². The van der Waals surface area contributed by atoms with E-state index < -0.39 is 32.3 Å². The van der Waals surface area contributed by atoms with Crippen molar-refractivity contribution >= 4 is 22.5 Å². The van der Waals surface area contributed by atoms with Crippen LogP contribution in [0.2, 0.25) is 0 Å². The first-order chi connectivity index (χ1) is 7.34. The molecule has 0 spiro atoms. The number of hydrogen-bond acceptors (Lipinski definition) is 6. The maximum Gasteiger partial charge on any atom is 1.00 e. The number of rotatable bonds is 3. The van der Waals surface area contributed by atoms with Crippen molar-refractivity contribution in [1.82, 2.24) is 0 Å². The summed E-state index contributed by atoms with van der Waals surface area (Å²) in [5.41, 5.74) is -1.47. The van der Waals surface area contributed by atoms with Gasteiger partial charge in [0, 0.05) is 17.0 Å². The van der Waals surface area contributed by atoms with Gasteiger partial charge in [-0.15, -0.1) is 0 Å². The first-order valence-corrected chi connectivity index (χ1v) is 4.94. The number of hydrogen-bond donors (Lipinski definition) is 0. The third kappa shape index (κ3) is 3.54. The molecular formula is C7H5N2NaO6S. The van der Waals surface area contributed by atoms with Gasteiger partial charge in [0.05, 0.1) is 9.85 Å². The summed E-state index contributed by atoms with van der Waals surface area (Å²) in [7, 11) is 0. The van der Waals surface area contributed by atoms with Crippen molar-refractivity contribution in [2.75, 3.05) is 0 Å². The Kier molecular flexibility index (Phi) is 5.85. The molecule has 86 valence electrons. The molecule has 1 aromatic carbocycles. The normalized spacial score (nSPS) is 11.4. The van der Waals surface area contributed by atoms with Crippen molar-refractivity contribution in [2.24, 2.45) is 0 Å². The fourth-order valence-corrected chi connectivity index (χ4v) is 1.66. The van der Waals surface area contributed by atoms with E-state index in [0.29, 0.717) is 6.07 Å². The monoisotopic (exact) mass is 268 g/mol. The van der Waals surface area contributed by atoms with Gasteiger partial charge >= 0.3 is 40.9 Å². The quantitative estimate of drug-likeness (QED) is 0.271. The smallest absolute Gasteiger partial charge is 0.768 e. The summed E-state index contributed by atoms with van der Waals surface area (Å²) in [4.78, 5) is 18.8. The summed E-state index contributed by atoms with van der Waals surface area (Å²) in [6.45, 7) is 1.32. The van der Waals surface area contributed by atoms with E-state index in [-0.39, 0.29) is 40.0 Å². The minimum Gasteiger partial charge on any atom is -0.768 e. The number of nitro groups is 2. The molecule has 1 aromatic rings. The van der Waals surface area contributed by atoms with Crippen molar-refractivity contribution in [3.63, 3.8) is 0 Å². The summed E-state index contributed by atoms with van der Waals surface area (Å²) >= 11 is -2.67. The van der Waals surface area contributed by atoms with Crippen LogP contribution in [0.1, 0.15) is 5.56 Å². The molecule has 0 aromatic heterocycles. The van der Waals surface area contributed by atoms with Crippen LogP contribution in [0.4, 0.5) is 11.4 Å². The van der Waals surface area contributed by atoms with Crippen LogP contribution in [-0.4, -0.2) is 18.6 Å². The molecule has 10 heteroatoms.